The predicted molar refractivity (Wildman–Crippen MR) is 73.9 cm³/mol. The molecule has 20 heavy (non-hydrogen) atoms. The quantitative estimate of drug-likeness (QED) is 0.608. The largest absolute Gasteiger partial charge is 1.00 e. The van der Waals surface area contributed by atoms with Crippen molar-refractivity contribution in [2.45, 2.75) is 30.4 Å². The van der Waals surface area contributed by atoms with Crippen molar-refractivity contribution in [3.05, 3.63) is 63.1 Å². The van der Waals surface area contributed by atoms with Crippen LogP contribution in [0.4, 0.5) is 0 Å². The van der Waals surface area contributed by atoms with Gasteiger partial charge in [0.15, 0.2) is 0 Å². The van der Waals surface area contributed by atoms with Crippen molar-refractivity contribution in [1.29, 1.82) is 0 Å². The van der Waals surface area contributed by atoms with E-state index in [4.69, 9.17) is 0 Å². The number of hydrogen-bond acceptors (Lipinski definition) is 0. The zero-order chi connectivity index (χ0) is 12.4. The van der Waals surface area contributed by atoms with Gasteiger partial charge in [-0.25, -0.2) is 0 Å². The molecule has 0 aromatic heterocycles. The van der Waals surface area contributed by atoms with Gasteiger partial charge in [0.2, 0.25) is 0 Å². The first-order chi connectivity index (χ1) is 8.88. The van der Waals surface area contributed by atoms with Gasteiger partial charge in [0, 0.05) is 0 Å². The molecule has 0 spiro atoms. The van der Waals surface area contributed by atoms with Crippen LogP contribution in [0.5, 0.6) is 0 Å². The van der Waals surface area contributed by atoms with Crippen LogP contribution in [-0.4, -0.2) is 0 Å². The zero-order valence-electron chi connectivity index (χ0n) is 11.6. The summed E-state index contributed by atoms with van der Waals surface area (Å²) < 4.78 is 2.51. The van der Waals surface area contributed by atoms with E-state index < -0.39 is 0 Å². The van der Waals surface area contributed by atoms with E-state index in [0.717, 1.165) is 4.22 Å². The fourth-order valence-electron chi connectivity index (χ4n) is 2.77. The van der Waals surface area contributed by atoms with Gasteiger partial charge in [-0.3, -0.25) is 0 Å². The Morgan fingerprint density at radius 3 is 2.75 bits per heavy atom. The Bertz CT molecular complexity index is 544. The zero-order valence-corrected chi connectivity index (χ0v) is 14.6. The summed E-state index contributed by atoms with van der Waals surface area (Å²) >= 11 is -0.0433. The first-order valence-electron chi connectivity index (χ1n) is 6.80. The first kappa shape index (κ1) is 17.8. The average molecular weight is 341 g/mol. The van der Waals surface area contributed by atoms with E-state index in [1.165, 1.54) is 24.8 Å². The Morgan fingerprint density at radius 1 is 1.15 bits per heavy atom. The number of halogens is 2. The smallest absolute Gasteiger partial charge is 1.00 e. The number of fused-ring (bicyclic) bond motifs is 1. The van der Waals surface area contributed by atoms with E-state index in [9.17, 15) is 0 Å². The second-order valence-corrected chi connectivity index (χ2v) is 7.33. The van der Waals surface area contributed by atoms with Gasteiger partial charge < -0.3 is 24.8 Å². The summed E-state index contributed by atoms with van der Waals surface area (Å²) in [4.78, 5) is 0. The van der Waals surface area contributed by atoms with Crippen LogP contribution < -0.4 is 24.8 Å². The third-order valence-corrected chi connectivity index (χ3v) is 6.31. The maximum Gasteiger partial charge on any atom is -1.00 e. The van der Waals surface area contributed by atoms with Crippen LogP contribution in [0.1, 0.15) is 41.5 Å². The Labute approximate surface area is 143 Å². The minimum absolute atomic E-state index is 0. The van der Waals surface area contributed by atoms with E-state index in [1.807, 2.05) is 0 Å². The third kappa shape index (κ3) is 3.68. The van der Waals surface area contributed by atoms with Gasteiger partial charge in [-0.15, -0.1) is 0 Å². The number of allylic oxidation sites excluding steroid dienone is 5. The summed E-state index contributed by atoms with van der Waals surface area (Å²) in [5, 5.41) is 0. The Balaban J connectivity index is 0.000001000. The molecule has 0 nitrogen and oxygen atoms in total. The Kier molecular flexibility index (Phi) is 7.33. The molecule has 104 valence electrons. The van der Waals surface area contributed by atoms with E-state index >= 15 is 0 Å². The van der Waals surface area contributed by atoms with Gasteiger partial charge in [-0.2, -0.15) is 0 Å². The number of hydrogen-bond donors (Lipinski definition) is 0. The summed E-state index contributed by atoms with van der Waals surface area (Å²) in [5.41, 5.74) is 4.65. The second kappa shape index (κ2) is 8.24. The number of benzene rings is 1. The van der Waals surface area contributed by atoms with Crippen LogP contribution in [0.3, 0.4) is 0 Å². The molecule has 1 aromatic carbocycles. The van der Waals surface area contributed by atoms with Crippen LogP contribution in [-0.2, 0) is 19.2 Å². The van der Waals surface area contributed by atoms with Crippen LogP contribution >= 0.6 is 0 Å². The maximum absolute atomic E-state index is 2.43. The van der Waals surface area contributed by atoms with Gasteiger partial charge in [0.25, 0.3) is 0 Å². The molecular weight excluding hydrogens is 323 g/mol. The summed E-state index contributed by atoms with van der Waals surface area (Å²) in [6.45, 7) is 2.28. The second-order valence-electron chi connectivity index (χ2n) is 4.97. The third-order valence-electron chi connectivity index (χ3n) is 3.68. The van der Waals surface area contributed by atoms with Crippen molar-refractivity contribution < 1.29 is 44.0 Å². The van der Waals surface area contributed by atoms with Crippen LogP contribution in [0, 0.1) is 0 Å². The van der Waals surface area contributed by atoms with Crippen molar-refractivity contribution in [3.63, 3.8) is 0 Å². The normalized spacial score (nSPS) is 18.4. The van der Waals surface area contributed by atoms with E-state index in [-0.39, 0.29) is 44.0 Å². The SMILES string of the molecule is CCCC1=[C]([Ti+2][CH]2C=Cc3ccccc32)CC=C1.[Cl-].[Cl-]. The molecule has 3 rings (SSSR count). The fraction of sp³-hybridized carbons (Fsp3) is 0.294. The van der Waals surface area contributed by atoms with Crippen molar-refractivity contribution >= 4 is 6.08 Å². The van der Waals surface area contributed by atoms with Crippen molar-refractivity contribution in [1.82, 2.24) is 0 Å². The van der Waals surface area contributed by atoms with Crippen molar-refractivity contribution in [2.75, 3.05) is 0 Å². The summed E-state index contributed by atoms with van der Waals surface area (Å²) in [6.07, 6.45) is 13.2. The molecule has 3 heteroatoms. The van der Waals surface area contributed by atoms with Crippen molar-refractivity contribution in [3.8, 4) is 0 Å². The van der Waals surface area contributed by atoms with Crippen LogP contribution in [0.25, 0.3) is 6.08 Å². The van der Waals surface area contributed by atoms with Crippen molar-refractivity contribution in [2.24, 2.45) is 0 Å². The molecule has 0 saturated heterocycles. The molecule has 2 aliphatic carbocycles. The van der Waals surface area contributed by atoms with Gasteiger partial charge in [-0.1, -0.05) is 0 Å². The molecule has 1 aromatic rings. The molecule has 2 aliphatic rings. The van der Waals surface area contributed by atoms with Gasteiger partial charge >= 0.3 is 119 Å². The minimum Gasteiger partial charge on any atom is -1.00 e. The molecule has 0 bridgehead atoms. The summed E-state index contributed by atoms with van der Waals surface area (Å²) in [6, 6.07) is 8.88. The van der Waals surface area contributed by atoms with E-state index in [2.05, 4.69) is 55.5 Å². The molecule has 0 saturated carbocycles. The molecular formula is C17H18Cl2Ti. The van der Waals surface area contributed by atoms with Gasteiger partial charge in [0.05, 0.1) is 0 Å². The van der Waals surface area contributed by atoms with Gasteiger partial charge in [0.1, 0.15) is 0 Å². The molecule has 0 fully saturated rings. The summed E-state index contributed by atoms with van der Waals surface area (Å²) in [5.74, 6) is 0. The molecule has 1 unspecified atom stereocenters. The molecule has 0 heterocycles. The van der Waals surface area contributed by atoms with E-state index in [1.54, 1.807) is 15.0 Å². The Morgan fingerprint density at radius 2 is 1.95 bits per heavy atom. The number of rotatable bonds is 4. The van der Waals surface area contributed by atoms with E-state index in [0.29, 0.717) is 0 Å². The predicted octanol–water partition coefficient (Wildman–Crippen LogP) is -1.14. The topological polar surface area (TPSA) is 0 Å². The first-order valence-corrected chi connectivity index (χ1v) is 8.49. The minimum atomic E-state index is -0.0433. The average Bonchev–Trinajstić information content (AvgIpc) is 2.99. The molecule has 0 N–H and O–H groups in total. The fourth-order valence-corrected chi connectivity index (χ4v) is 5.29. The maximum atomic E-state index is 2.43. The molecule has 0 radical (unpaired) electrons. The molecule has 1 atom stereocenters. The molecule has 0 aliphatic heterocycles. The molecule has 0 amide bonds. The van der Waals surface area contributed by atoms with Crippen LogP contribution in [0.2, 0.25) is 0 Å². The van der Waals surface area contributed by atoms with Gasteiger partial charge in [-0.05, 0) is 0 Å². The monoisotopic (exact) mass is 340 g/mol. The standard InChI is InChI=1S/C9H7.C8H11.2ClH.Ti/c1-2-5-9-7-3-6-8(9)4-1;1-2-5-8-6-3-4-7-8;;;/h1-7H;3,6H,2,4-5H2,1H3;2*1H;/q;;;;+2/p-2. The summed E-state index contributed by atoms with van der Waals surface area (Å²) in [7, 11) is 0. The Hall–Kier alpha value is -0.266. The van der Waals surface area contributed by atoms with Crippen LogP contribution in [0.15, 0.2) is 51.9 Å².